The van der Waals surface area contributed by atoms with Crippen molar-refractivity contribution in [3.8, 4) is 5.75 Å². The minimum Gasteiger partial charge on any atom is -0.494 e. The van der Waals surface area contributed by atoms with Crippen LogP contribution in [0.3, 0.4) is 0 Å². The van der Waals surface area contributed by atoms with Crippen LogP contribution in [0.2, 0.25) is 0 Å². The zero-order valence-corrected chi connectivity index (χ0v) is 13.8. The normalized spacial score (nSPS) is 12.0. The Morgan fingerprint density at radius 1 is 0.870 bits per heavy atom. The lowest BCUT2D eigenvalue weighted by Crippen LogP contribution is -2.19. The highest BCUT2D eigenvalue weighted by molar-refractivity contribution is 5.20. The van der Waals surface area contributed by atoms with Crippen molar-refractivity contribution >= 4 is 0 Å². The largest absolute Gasteiger partial charge is 0.494 e. The zero-order chi connectivity index (χ0) is 16.2. The average Bonchev–Trinajstić information content (AvgIpc) is 2.62. The Labute approximate surface area is 139 Å². The van der Waals surface area contributed by atoms with Gasteiger partial charge in [-0.05, 0) is 24.1 Å². The third-order valence-electron chi connectivity index (χ3n) is 3.53. The Morgan fingerprint density at radius 3 is 2.26 bits per heavy atom. The Morgan fingerprint density at radius 2 is 1.57 bits per heavy atom. The van der Waals surface area contributed by atoms with E-state index in [0.717, 1.165) is 18.6 Å². The summed E-state index contributed by atoms with van der Waals surface area (Å²) < 4.78 is 17.2. The van der Waals surface area contributed by atoms with Gasteiger partial charge in [0.1, 0.15) is 5.75 Å². The van der Waals surface area contributed by atoms with Gasteiger partial charge in [0.15, 0.2) is 0 Å². The predicted molar refractivity (Wildman–Crippen MR) is 92.7 cm³/mol. The first-order valence-electron chi connectivity index (χ1n) is 8.29. The molecule has 0 N–H and O–H groups in total. The van der Waals surface area contributed by atoms with E-state index >= 15 is 0 Å². The van der Waals surface area contributed by atoms with Crippen LogP contribution in [0.25, 0.3) is 0 Å². The van der Waals surface area contributed by atoms with Gasteiger partial charge in [-0.2, -0.15) is 0 Å². The summed E-state index contributed by atoms with van der Waals surface area (Å²) in [5.41, 5.74) is 1.20. The molecule has 0 unspecified atom stereocenters. The first-order chi connectivity index (χ1) is 11.4. The maximum absolute atomic E-state index is 5.90. The number of hydrogen-bond donors (Lipinski definition) is 0. The lowest BCUT2D eigenvalue weighted by atomic mass is 10.2. The van der Waals surface area contributed by atoms with Crippen LogP contribution < -0.4 is 4.74 Å². The van der Waals surface area contributed by atoms with E-state index < -0.39 is 0 Å². The van der Waals surface area contributed by atoms with Gasteiger partial charge in [-0.15, -0.1) is 0 Å². The summed E-state index contributed by atoms with van der Waals surface area (Å²) in [4.78, 5) is 0. The number of rotatable bonds is 11. The maximum atomic E-state index is 5.90. The van der Waals surface area contributed by atoms with E-state index in [-0.39, 0.29) is 6.10 Å². The Kier molecular flexibility index (Phi) is 8.23. The quantitative estimate of drug-likeness (QED) is 0.573. The summed E-state index contributed by atoms with van der Waals surface area (Å²) in [6, 6.07) is 20.1. The molecule has 0 saturated carbocycles. The Bertz CT molecular complexity index is 513. The Balaban J connectivity index is 1.53. The minimum atomic E-state index is 0.144. The molecule has 0 aromatic heterocycles. The summed E-state index contributed by atoms with van der Waals surface area (Å²) in [5.74, 6) is 0.908. The molecule has 0 radical (unpaired) electrons. The third-order valence-corrected chi connectivity index (χ3v) is 3.53. The highest BCUT2D eigenvalue weighted by Gasteiger charge is 2.07. The highest BCUT2D eigenvalue weighted by atomic mass is 16.5. The van der Waals surface area contributed by atoms with Crippen LogP contribution in [0.1, 0.15) is 25.3 Å². The van der Waals surface area contributed by atoms with E-state index in [1.165, 1.54) is 5.56 Å². The van der Waals surface area contributed by atoms with Crippen molar-refractivity contribution in [2.45, 2.75) is 32.5 Å². The summed E-state index contributed by atoms with van der Waals surface area (Å²) >= 11 is 0. The SMILES string of the molecule is CC[C@H](COCCCOc1ccccc1)OCc1ccccc1. The molecule has 0 aliphatic rings. The fraction of sp³-hybridized carbons (Fsp3) is 0.400. The van der Waals surface area contributed by atoms with Crippen LogP contribution in [0.15, 0.2) is 60.7 Å². The molecule has 0 heterocycles. The van der Waals surface area contributed by atoms with Crippen molar-refractivity contribution in [3.05, 3.63) is 66.2 Å². The average molecular weight is 314 g/mol. The second-order valence-electron chi connectivity index (χ2n) is 5.42. The van der Waals surface area contributed by atoms with Crippen molar-refractivity contribution in [3.63, 3.8) is 0 Å². The molecule has 0 spiro atoms. The molecule has 0 bridgehead atoms. The lowest BCUT2D eigenvalue weighted by Gasteiger charge is -2.16. The fourth-order valence-electron chi connectivity index (χ4n) is 2.15. The van der Waals surface area contributed by atoms with Crippen LogP contribution in [0.4, 0.5) is 0 Å². The van der Waals surface area contributed by atoms with Crippen molar-refractivity contribution in [2.75, 3.05) is 19.8 Å². The van der Waals surface area contributed by atoms with E-state index in [2.05, 4.69) is 19.1 Å². The molecule has 124 valence electrons. The van der Waals surface area contributed by atoms with E-state index in [0.29, 0.717) is 26.4 Å². The van der Waals surface area contributed by atoms with Crippen LogP contribution in [0, 0.1) is 0 Å². The van der Waals surface area contributed by atoms with Gasteiger partial charge in [0.05, 0.1) is 25.9 Å². The van der Waals surface area contributed by atoms with E-state index in [1.54, 1.807) is 0 Å². The summed E-state index contributed by atoms with van der Waals surface area (Å²) in [7, 11) is 0. The summed E-state index contributed by atoms with van der Waals surface area (Å²) in [6.45, 7) is 4.76. The molecule has 0 aliphatic heterocycles. The van der Waals surface area contributed by atoms with Crippen LogP contribution >= 0.6 is 0 Å². The van der Waals surface area contributed by atoms with Gasteiger partial charge in [0, 0.05) is 13.0 Å². The van der Waals surface area contributed by atoms with Gasteiger partial charge < -0.3 is 14.2 Å². The first-order valence-corrected chi connectivity index (χ1v) is 8.29. The van der Waals surface area contributed by atoms with Gasteiger partial charge in [-0.25, -0.2) is 0 Å². The predicted octanol–water partition coefficient (Wildman–Crippen LogP) is 4.47. The minimum absolute atomic E-state index is 0.144. The van der Waals surface area contributed by atoms with Crippen molar-refractivity contribution in [1.29, 1.82) is 0 Å². The van der Waals surface area contributed by atoms with Crippen molar-refractivity contribution in [1.82, 2.24) is 0 Å². The van der Waals surface area contributed by atoms with E-state index in [4.69, 9.17) is 14.2 Å². The third kappa shape index (κ3) is 7.31. The fourth-order valence-corrected chi connectivity index (χ4v) is 2.15. The molecule has 2 rings (SSSR count). The molecule has 1 atom stereocenters. The van der Waals surface area contributed by atoms with E-state index in [9.17, 15) is 0 Å². The second kappa shape index (κ2) is 10.8. The molecule has 2 aromatic carbocycles. The molecule has 23 heavy (non-hydrogen) atoms. The molecule has 0 fully saturated rings. The zero-order valence-electron chi connectivity index (χ0n) is 13.8. The van der Waals surface area contributed by atoms with Crippen LogP contribution in [-0.2, 0) is 16.1 Å². The molecular formula is C20H26O3. The van der Waals surface area contributed by atoms with Crippen molar-refractivity contribution in [2.24, 2.45) is 0 Å². The summed E-state index contributed by atoms with van der Waals surface area (Å²) in [5, 5.41) is 0. The highest BCUT2D eigenvalue weighted by Crippen LogP contribution is 2.09. The summed E-state index contributed by atoms with van der Waals surface area (Å²) in [6.07, 6.45) is 1.97. The number of para-hydroxylation sites is 1. The molecule has 0 amide bonds. The topological polar surface area (TPSA) is 27.7 Å². The second-order valence-corrected chi connectivity index (χ2v) is 5.42. The Hall–Kier alpha value is -1.84. The van der Waals surface area contributed by atoms with Crippen molar-refractivity contribution < 1.29 is 14.2 Å². The number of ether oxygens (including phenoxy) is 3. The van der Waals surface area contributed by atoms with Gasteiger partial charge in [-0.1, -0.05) is 55.5 Å². The smallest absolute Gasteiger partial charge is 0.119 e. The van der Waals surface area contributed by atoms with Crippen LogP contribution in [-0.4, -0.2) is 25.9 Å². The van der Waals surface area contributed by atoms with E-state index in [1.807, 2.05) is 48.5 Å². The van der Waals surface area contributed by atoms with Gasteiger partial charge in [0.2, 0.25) is 0 Å². The molecular weight excluding hydrogens is 288 g/mol. The molecule has 3 nitrogen and oxygen atoms in total. The lowest BCUT2D eigenvalue weighted by molar-refractivity contribution is -0.0279. The van der Waals surface area contributed by atoms with Gasteiger partial charge in [-0.3, -0.25) is 0 Å². The standard InChI is InChI=1S/C20H26O3/c1-2-19(23-16-18-10-5-3-6-11-18)17-21-14-9-15-22-20-12-7-4-8-13-20/h3-8,10-13,19H,2,9,14-17H2,1H3/t19-/m1/s1. The number of benzene rings is 2. The molecule has 2 aromatic rings. The first kappa shape index (κ1) is 17.5. The monoisotopic (exact) mass is 314 g/mol. The van der Waals surface area contributed by atoms with Crippen LogP contribution in [0.5, 0.6) is 5.75 Å². The molecule has 0 aliphatic carbocycles. The molecule has 0 saturated heterocycles. The van der Waals surface area contributed by atoms with Gasteiger partial charge in [0.25, 0.3) is 0 Å². The maximum Gasteiger partial charge on any atom is 0.119 e. The number of hydrogen-bond acceptors (Lipinski definition) is 3. The van der Waals surface area contributed by atoms with Gasteiger partial charge >= 0.3 is 0 Å². The molecule has 3 heteroatoms.